The van der Waals surface area contributed by atoms with E-state index >= 15 is 0 Å². The van der Waals surface area contributed by atoms with E-state index < -0.39 is 0 Å². The molecule has 2 heterocycles. The van der Waals surface area contributed by atoms with Gasteiger partial charge in [0.2, 0.25) is 5.91 Å². The highest BCUT2D eigenvalue weighted by molar-refractivity contribution is 9.10. The number of carbonyl (C=O) groups excluding carboxylic acids is 1. The predicted molar refractivity (Wildman–Crippen MR) is 62.7 cm³/mol. The Kier molecular flexibility index (Phi) is 2.56. The molecule has 0 fully saturated rings. The molecule has 1 aliphatic heterocycles. The first-order valence-electron chi connectivity index (χ1n) is 4.57. The van der Waals surface area contributed by atoms with Gasteiger partial charge in [0.05, 0.1) is 12.1 Å². The van der Waals surface area contributed by atoms with Crippen molar-refractivity contribution in [3.05, 3.63) is 16.2 Å². The van der Waals surface area contributed by atoms with E-state index in [0.717, 1.165) is 15.7 Å². The van der Waals surface area contributed by atoms with E-state index in [1.54, 1.807) is 6.20 Å². The summed E-state index contributed by atoms with van der Waals surface area (Å²) in [5.41, 5.74) is 2.43. The fourth-order valence-corrected chi connectivity index (χ4v) is 1.74. The van der Waals surface area contributed by atoms with Gasteiger partial charge < -0.3 is 5.32 Å². The van der Waals surface area contributed by atoms with E-state index in [-0.39, 0.29) is 5.91 Å². The summed E-state index contributed by atoms with van der Waals surface area (Å²) < 4.78 is 0.872. The molecule has 0 atom stereocenters. The van der Waals surface area contributed by atoms with Crippen molar-refractivity contribution in [2.24, 2.45) is 4.99 Å². The number of amides is 1. The molecule has 5 heteroatoms. The molecule has 0 unspecified atom stereocenters. The Morgan fingerprint density at radius 1 is 1.47 bits per heavy atom. The molecule has 0 spiro atoms. The normalized spacial score (nSPS) is 15.1. The van der Waals surface area contributed by atoms with E-state index in [1.807, 2.05) is 13.8 Å². The molecular weight excluding hydrogens is 258 g/mol. The third-order valence-electron chi connectivity index (χ3n) is 2.23. The predicted octanol–water partition coefficient (Wildman–Crippen LogP) is 2.59. The number of carbonyl (C=O) groups is 1. The minimum atomic E-state index is -0.0435. The van der Waals surface area contributed by atoms with Crippen molar-refractivity contribution in [3.63, 3.8) is 0 Å². The van der Waals surface area contributed by atoms with Gasteiger partial charge in [-0.1, -0.05) is 0 Å². The highest BCUT2D eigenvalue weighted by Gasteiger charge is 2.17. The van der Waals surface area contributed by atoms with Crippen LogP contribution in [0.3, 0.4) is 0 Å². The van der Waals surface area contributed by atoms with Gasteiger partial charge in [-0.15, -0.1) is 0 Å². The van der Waals surface area contributed by atoms with Crippen molar-refractivity contribution in [3.8, 4) is 0 Å². The summed E-state index contributed by atoms with van der Waals surface area (Å²) >= 11 is 3.37. The van der Waals surface area contributed by atoms with Crippen LogP contribution in [0.25, 0.3) is 0 Å². The number of hydrogen-bond donors (Lipinski definition) is 1. The van der Waals surface area contributed by atoms with Crippen molar-refractivity contribution >= 4 is 39.1 Å². The van der Waals surface area contributed by atoms with Gasteiger partial charge in [-0.3, -0.25) is 4.79 Å². The number of nitrogens with one attached hydrogen (secondary N) is 1. The number of anilines is 1. The quantitative estimate of drug-likeness (QED) is 0.786. The molecule has 2 rings (SSSR count). The van der Waals surface area contributed by atoms with E-state index in [0.29, 0.717) is 17.9 Å². The number of hydrogen-bond acceptors (Lipinski definition) is 3. The number of rotatable bonds is 0. The maximum atomic E-state index is 11.5. The number of aromatic nitrogens is 1. The third-order valence-corrected chi connectivity index (χ3v) is 3.03. The number of aliphatic imine (C=N–C) groups is 1. The first kappa shape index (κ1) is 10.3. The lowest BCUT2D eigenvalue weighted by Crippen LogP contribution is -2.13. The molecule has 4 nitrogen and oxygen atoms in total. The van der Waals surface area contributed by atoms with Crippen LogP contribution in [-0.2, 0) is 4.79 Å². The number of halogens is 1. The Labute approximate surface area is 95.9 Å². The fourth-order valence-electron chi connectivity index (χ4n) is 1.44. The molecule has 0 bridgehead atoms. The molecule has 1 amide bonds. The average molecular weight is 268 g/mol. The number of fused-ring (bicyclic) bond motifs is 1. The fraction of sp³-hybridized carbons (Fsp3) is 0.300. The van der Waals surface area contributed by atoms with Crippen molar-refractivity contribution in [1.82, 2.24) is 4.98 Å². The number of pyridine rings is 1. The van der Waals surface area contributed by atoms with E-state index in [9.17, 15) is 4.79 Å². The van der Waals surface area contributed by atoms with Crippen LogP contribution in [-0.4, -0.2) is 16.6 Å². The van der Waals surface area contributed by atoms with Crippen LogP contribution in [0.4, 0.5) is 11.5 Å². The highest BCUT2D eigenvalue weighted by Crippen LogP contribution is 2.32. The maximum Gasteiger partial charge on any atom is 0.230 e. The second-order valence-electron chi connectivity index (χ2n) is 3.50. The maximum absolute atomic E-state index is 11.5. The van der Waals surface area contributed by atoms with E-state index in [2.05, 4.69) is 31.2 Å². The highest BCUT2D eigenvalue weighted by atomic mass is 79.9. The standard InChI is InChI=1S/C10H10BrN3O/c1-5-3-8(15)14-9-6(2)7(11)4-12-10(9)13-5/h4H,3H2,1-2H3,(H,14,15). The van der Waals surface area contributed by atoms with Crippen LogP contribution >= 0.6 is 15.9 Å². The second-order valence-corrected chi connectivity index (χ2v) is 4.36. The van der Waals surface area contributed by atoms with Crippen LogP contribution in [0, 0.1) is 6.92 Å². The molecule has 15 heavy (non-hydrogen) atoms. The lowest BCUT2D eigenvalue weighted by Gasteiger charge is -2.08. The SMILES string of the molecule is CC1=Nc2ncc(Br)c(C)c2NC(=O)C1. The zero-order valence-corrected chi connectivity index (χ0v) is 10.1. The van der Waals surface area contributed by atoms with Gasteiger partial charge in [0.1, 0.15) is 0 Å². The first-order chi connectivity index (χ1) is 7.08. The molecule has 1 aliphatic rings. The molecule has 1 N–H and O–H groups in total. The van der Waals surface area contributed by atoms with E-state index in [1.165, 1.54) is 0 Å². The van der Waals surface area contributed by atoms with Gasteiger partial charge in [-0.2, -0.15) is 0 Å². The Morgan fingerprint density at radius 3 is 2.93 bits per heavy atom. The van der Waals surface area contributed by atoms with Crippen LogP contribution in [0.1, 0.15) is 18.9 Å². The zero-order valence-electron chi connectivity index (χ0n) is 8.47. The van der Waals surface area contributed by atoms with Crippen molar-refractivity contribution < 1.29 is 4.79 Å². The third kappa shape index (κ3) is 1.92. The molecule has 1 aromatic heterocycles. The van der Waals surface area contributed by atoms with Crippen LogP contribution in [0.15, 0.2) is 15.7 Å². The zero-order chi connectivity index (χ0) is 11.0. The largest absolute Gasteiger partial charge is 0.322 e. The molecule has 1 aromatic rings. The lowest BCUT2D eigenvalue weighted by molar-refractivity contribution is -0.115. The Hall–Kier alpha value is -1.23. The summed E-state index contributed by atoms with van der Waals surface area (Å²) in [4.78, 5) is 20.0. The summed E-state index contributed by atoms with van der Waals surface area (Å²) in [7, 11) is 0. The van der Waals surface area contributed by atoms with Crippen LogP contribution in [0.2, 0.25) is 0 Å². The molecular formula is C10H10BrN3O. The van der Waals surface area contributed by atoms with Gasteiger partial charge in [0, 0.05) is 16.4 Å². The molecule has 0 aromatic carbocycles. The average Bonchev–Trinajstić information content (AvgIpc) is 2.30. The van der Waals surface area contributed by atoms with E-state index in [4.69, 9.17) is 0 Å². The Bertz CT molecular complexity index is 468. The second kappa shape index (κ2) is 3.73. The van der Waals surface area contributed by atoms with Gasteiger partial charge >= 0.3 is 0 Å². The minimum absolute atomic E-state index is 0.0435. The van der Waals surface area contributed by atoms with Crippen molar-refractivity contribution in [2.75, 3.05) is 5.32 Å². The minimum Gasteiger partial charge on any atom is -0.322 e. The van der Waals surface area contributed by atoms with Crippen LogP contribution < -0.4 is 5.32 Å². The van der Waals surface area contributed by atoms with Gasteiger partial charge in [-0.05, 0) is 35.3 Å². The summed E-state index contributed by atoms with van der Waals surface area (Å²) in [5.74, 6) is 0.539. The van der Waals surface area contributed by atoms with Crippen molar-refractivity contribution in [2.45, 2.75) is 20.3 Å². The monoisotopic (exact) mass is 267 g/mol. The summed E-state index contributed by atoms with van der Waals surface area (Å²) in [6.45, 7) is 3.74. The molecule has 0 saturated heterocycles. The molecule has 0 radical (unpaired) electrons. The number of nitrogens with zero attached hydrogens (tertiary/aromatic N) is 2. The van der Waals surface area contributed by atoms with Gasteiger partial charge in [0.15, 0.2) is 5.82 Å². The van der Waals surface area contributed by atoms with Gasteiger partial charge in [0.25, 0.3) is 0 Å². The molecule has 0 aliphatic carbocycles. The van der Waals surface area contributed by atoms with Crippen LogP contribution in [0.5, 0.6) is 0 Å². The summed E-state index contributed by atoms with van der Waals surface area (Å²) in [6, 6.07) is 0. The summed E-state index contributed by atoms with van der Waals surface area (Å²) in [5, 5.41) is 2.82. The molecule has 78 valence electrons. The molecule has 0 saturated carbocycles. The smallest absolute Gasteiger partial charge is 0.230 e. The Balaban J connectivity index is 2.63. The topological polar surface area (TPSA) is 54.4 Å². The first-order valence-corrected chi connectivity index (χ1v) is 5.36. The van der Waals surface area contributed by atoms with Gasteiger partial charge in [-0.25, -0.2) is 9.98 Å². The summed E-state index contributed by atoms with van der Waals surface area (Å²) in [6.07, 6.45) is 2.02. The van der Waals surface area contributed by atoms with Crippen molar-refractivity contribution in [1.29, 1.82) is 0 Å². The Morgan fingerprint density at radius 2 is 2.20 bits per heavy atom. The lowest BCUT2D eigenvalue weighted by atomic mass is 10.2.